The third kappa shape index (κ3) is 2.53. The van der Waals surface area contributed by atoms with Gasteiger partial charge in [0.25, 0.3) is 0 Å². The number of aliphatic hydroxyl groups is 1. The van der Waals surface area contributed by atoms with E-state index in [-0.39, 0.29) is 36.3 Å². The van der Waals surface area contributed by atoms with Crippen LogP contribution in [0.4, 0.5) is 0 Å². The summed E-state index contributed by atoms with van der Waals surface area (Å²) in [5.74, 6) is 0. The van der Waals surface area contributed by atoms with Crippen molar-refractivity contribution >= 4 is 10.0 Å². The summed E-state index contributed by atoms with van der Waals surface area (Å²) in [6.45, 7) is 0.210. The second-order valence-corrected chi connectivity index (χ2v) is 6.71. The highest BCUT2D eigenvalue weighted by Crippen LogP contribution is 2.34. The van der Waals surface area contributed by atoms with Crippen LogP contribution in [0.1, 0.15) is 19.3 Å². The van der Waals surface area contributed by atoms with Crippen LogP contribution in [0.15, 0.2) is 17.3 Å². The summed E-state index contributed by atoms with van der Waals surface area (Å²) in [4.78, 5) is 0.128. The Labute approximate surface area is 111 Å². The van der Waals surface area contributed by atoms with Gasteiger partial charge in [-0.05, 0) is 19.3 Å². The molecule has 3 unspecified atom stereocenters. The zero-order chi connectivity index (χ0) is 13.5. The second kappa shape index (κ2) is 4.86. The normalized spacial score (nSPS) is 30.1. The minimum atomic E-state index is -3.56. The van der Waals surface area contributed by atoms with Crippen molar-refractivity contribution in [3.63, 3.8) is 0 Å². The molecule has 3 heterocycles. The Bertz CT molecular complexity index is 556. The Hall–Kier alpha value is -0.960. The van der Waals surface area contributed by atoms with Crippen LogP contribution in [-0.2, 0) is 21.3 Å². The monoisotopic (exact) mass is 287 g/mol. The molecule has 0 amide bonds. The van der Waals surface area contributed by atoms with E-state index in [1.807, 2.05) is 0 Å². The van der Waals surface area contributed by atoms with Gasteiger partial charge < -0.3 is 9.84 Å². The fraction of sp³-hybridized carbons (Fsp3) is 0.727. The summed E-state index contributed by atoms with van der Waals surface area (Å²) in [5, 5.41) is 12.7. The van der Waals surface area contributed by atoms with Crippen molar-refractivity contribution in [2.45, 2.75) is 49.0 Å². The van der Waals surface area contributed by atoms with E-state index < -0.39 is 10.0 Å². The molecular weight excluding hydrogens is 270 g/mol. The highest BCUT2D eigenvalue weighted by Gasteiger charge is 2.42. The topological polar surface area (TPSA) is 93.5 Å². The number of nitrogens with zero attached hydrogens (tertiary/aromatic N) is 2. The molecule has 2 fully saturated rings. The van der Waals surface area contributed by atoms with Gasteiger partial charge in [0.05, 0.1) is 37.6 Å². The summed E-state index contributed by atoms with van der Waals surface area (Å²) >= 11 is 0. The minimum Gasteiger partial charge on any atom is -0.394 e. The maximum absolute atomic E-state index is 12.2. The molecule has 2 aliphatic heterocycles. The van der Waals surface area contributed by atoms with Crippen LogP contribution in [0.5, 0.6) is 0 Å². The lowest BCUT2D eigenvalue weighted by Crippen LogP contribution is -2.41. The number of hydrogen-bond donors (Lipinski definition) is 2. The van der Waals surface area contributed by atoms with Crippen LogP contribution in [0, 0.1) is 0 Å². The smallest absolute Gasteiger partial charge is 0.244 e. The summed E-state index contributed by atoms with van der Waals surface area (Å²) in [5.41, 5.74) is 0. The summed E-state index contributed by atoms with van der Waals surface area (Å²) in [6.07, 6.45) is 5.62. The van der Waals surface area contributed by atoms with Gasteiger partial charge in [0, 0.05) is 6.20 Å². The SMILES string of the molecule is O=S(=O)(NC1CC2CCC1O2)c1cnn(CCO)c1. The molecule has 0 spiro atoms. The van der Waals surface area contributed by atoms with E-state index in [9.17, 15) is 8.42 Å². The van der Waals surface area contributed by atoms with Gasteiger partial charge in [0.1, 0.15) is 4.90 Å². The molecule has 0 aliphatic carbocycles. The Kier molecular flexibility index (Phi) is 3.34. The molecule has 7 nitrogen and oxygen atoms in total. The van der Waals surface area contributed by atoms with Gasteiger partial charge in [0.15, 0.2) is 0 Å². The fourth-order valence-electron chi connectivity index (χ4n) is 2.74. The quantitative estimate of drug-likeness (QED) is 0.759. The molecule has 2 aliphatic rings. The maximum Gasteiger partial charge on any atom is 0.244 e. The van der Waals surface area contributed by atoms with E-state index in [0.717, 1.165) is 19.3 Å². The van der Waals surface area contributed by atoms with Crippen LogP contribution in [0.2, 0.25) is 0 Å². The zero-order valence-electron chi connectivity index (χ0n) is 10.4. The van der Waals surface area contributed by atoms with Gasteiger partial charge in [-0.2, -0.15) is 5.10 Å². The number of nitrogens with one attached hydrogen (secondary N) is 1. The Morgan fingerprint density at radius 3 is 3.00 bits per heavy atom. The third-order valence-corrected chi connectivity index (χ3v) is 5.11. The Morgan fingerprint density at radius 2 is 2.37 bits per heavy atom. The lowest BCUT2D eigenvalue weighted by molar-refractivity contribution is 0.0996. The van der Waals surface area contributed by atoms with Crippen molar-refractivity contribution in [2.75, 3.05) is 6.61 Å². The maximum atomic E-state index is 12.2. The molecular formula is C11H17N3O4S. The van der Waals surface area contributed by atoms with E-state index in [2.05, 4.69) is 9.82 Å². The lowest BCUT2D eigenvalue weighted by atomic mass is 9.96. The van der Waals surface area contributed by atoms with Crippen molar-refractivity contribution in [2.24, 2.45) is 0 Å². The number of hydrogen-bond acceptors (Lipinski definition) is 5. The first-order valence-electron chi connectivity index (χ1n) is 6.39. The molecule has 2 N–H and O–H groups in total. The van der Waals surface area contributed by atoms with E-state index in [1.165, 1.54) is 17.1 Å². The van der Waals surface area contributed by atoms with E-state index >= 15 is 0 Å². The molecule has 19 heavy (non-hydrogen) atoms. The van der Waals surface area contributed by atoms with Crippen LogP contribution < -0.4 is 4.72 Å². The molecule has 3 atom stereocenters. The first-order chi connectivity index (χ1) is 9.08. The highest BCUT2D eigenvalue weighted by molar-refractivity contribution is 7.89. The number of rotatable bonds is 5. The van der Waals surface area contributed by atoms with Gasteiger partial charge >= 0.3 is 0 Å². The fourth-order valence-corrected chi connectivity index (χ4v) is 3.97. The van der Waals surface area contributed by atoms with E-state index in [0.29, 0.717) is 0 Å². The van der Waals surface area contributed by atoms with Gasteiger partial charge in [-0.1, -0.05) is 0 Å². The third-order valence-electron chi connectivity index (χ3n) is 3.66. The molecule has 106 valence electrons. The van der Waals surface area contributed by atoms with Crippen LogP contribution >= 0.6 is 0 Å². The number of aromatic nitrogens is 2. The van der Waals surface area contributed by atoms with Gasteiger partial charge in [0.2, 0.25) is 10.0 Å². The first kappa shape index (κ1) is 13.0. The Balaban J connectivity index is 1.71. The summed E-state index contributed by atoms with van der Waals surface area (Å²) < 4.78 is 34.1. The zero-order valence-corrected chi connectivity index (χ0v) is 11.2. The molecule has 2 saturated heterocycles. The second-order valence-electron chi connectivity index (χ2n) is 5.00. The Morgan fingerprint density at radius 1 is 1.53 bits per heavy atom. The van der Waals surface area contributed by atoms with Crippen LogP contribution in [0.3, 0.4) is 0 Å². The van der Waals surface area contributed by atoms with Gasteiger partial charge in [-0.25, -0.2) is 13.1 Å². The first-order valence-corrected chi connectivity index (χ1v) is 7.88. The van der Waals surface area contributed by atoms with Crippen molar-refractivity contribution in [3.8, 4) is 0 Å². The van der Waals surface area contributed by atoms with E-state index in [4.69, 9.17) is 9.84 Å². The average molecular weight is 287 g/mol. The average Bonchev–Trinajstić information content (AvgIpc) is 3.03. The molecule has 0 saturated carbocycles. The molecule has 1 aromatic heterocycles. The minimum absolute atomic E-state index is 0.00672. The van der Waals surface area contributed by atoms with Crippen molar-refractivity contribution in [1.29, 1.82) is 0 Å². The predicted molar refractivity (Wildman–Crippen MR) is 65.9 cm³/mol. The van der Waals surface area contributed by atoms with Crippen LogP contribution in [-0.4, -0.2) is 48.2 Å². The summed E-state index contributed by atoms with van der Waals surface area (Å²) in [7, 11) is -3.56. The van der Waals surface area contributed by atoms with Gasteiger partial charge in [-0.15, -0.1) is 0 Å². The lowest BCUT2D eigenvalue weighted by Gasteiger charge is -2.19. The number of sulfonamides is 1. The molecule has 3 rings (SSSR count). The molecule has 8 heteroatoms. The van der Waals surface area contributed by atoms with Gasteiger partial charge in [-0.3, -0.25) is 4.68 Å². The molecule has 0 aromatic carbocycles. The highest BCUT2D eigenvalue weighted by atomic mass is 32.2. The van der Waals surface area contributed by atoms with Crippen molar-refractivity contribution in [3.05, 3.63) is 12.4 Å². The molecule has 2 bridgehead atoms. The van der Waals surface area contributed by atoms with Crippen molar-refractivity contribution < 1.29 is 18.3 Å². The number of fused-ring (bicyclic) bond motifs is 2. The molecule has 1 aromatic rings. The predicted octanol–water partition coefficient (Wildman–Crippen LogP) is -0.526. The number of aliphatic hydroxyl groups excluding tert-OH is 1. The summed E-state index contributed by atoms with van der Waals surface area (Å²) in [6, 6.07) is -0.134. The van der Waals surface area contributed by atoms with Crippen molar-refractivity contribution in [1.82, 2.24) is 14.5 Å². The largest absolute Gasteiger partial charge is 0.394 e. The molecule has 0 radical (unpaired) electrons. The standard InChI is InChI=1S/C11H17N3O4S/c15-4-3-14-7-9(6-12-14)19(16,17)13-10-5-8-1-2-11(10)18-8/h6-8,10-11,13,15H,1-5H2. The van der Waals surface area contributed by atoms with Crippen LogP contribution in [0.25, 0.3) is 0 Å². The number of ether oxygens (including phenoxy) is 1. The van der Waals surface area contributed by atoms with E-state index in [1.54, 1.807) is 0 Å².